The third kappa shape index (κ3) is 1.97. The molecule has 1 saturated heterocycles. The molecule has 20 heavy (non-hydrogen) atoms. The Hall–Kier alpha value is -2.22. The molecule has 106 valence electrons. The Bertz CT molecular complexity index is 656. The summed E-state index contributed by atoms with van der Waals surface area (Å²) in [6.07, 6.45) is 0.977. The Morgan fingerprint density at radius 2 is 2.20 bits per heavy atom. The van der Waals surface area contributed by atoms with Gasteiger partial charge >= 0.3 is 5.69 Å². The molecule has 2 N–H and O–H groups in total. The standard InChI is InChI=1S/C12H15N5O3/c1-7-4-5-16(6-8(7)13)9-2-3-10(17(18)19)12-11(9)14-20-15-12/h2-3,7-8H,4-6,13H2,1H3. The van der Waals surface area contributed by atoms with Crippen LogP contribution in [0.2, 0.25) is 0 Å². The van der Waals surface area contributed by atoms with Crippen molar-refractivity contribution in [2.45, 2.75) is 19.4 Å². The summed E-state index contributed by atoms with van der Waals surface area (Å²) in [4.78, 5) is 12.6. The molecule has 1 fully saturated rings. The van der Waals surface area contributed by atoms with Gasteiger partial charge < -0.3 is 10.6 Å². The Kier molecular flexibility index (Phi) is 3.01. The van der Waals surface area contributed by atoms with Crippen LogP contribution in [0.25, 0.3) is 11.0 Å². The number of fused-ring (bicyclic) bond motifs is 1. The average Bonchev–Trinajstić information content (AvgIpc) is 2.89. The van der Waals surface area contributed by atoms with E-state index < -0.39 is 4.92 Å². The molecule has 8 heteroatoms. The molecule has 1 aliphatic rings. The number of piperidine rings is 1. The Morgan fingerprint density at radius 3 is 2.90 bits per heavy atom. The highest BCUT2D eigenvalue weighted by atomic mass is 16.6. The molecule has 0 amide bonds. The number of anilines is 1. The van der Waals surface area contributed by atoms with Crippen LogP contribution in [0.5, 0.6) is 0 Å². The average molecular weight is 277 g/mol. The van der Waals surface area contributed by atoms with Crippen molar-refractivity contribution in [3.8, 4) is 0 Å². The zero-order chi connectivity index (χ0) is 14.3. The van der Waals surface area contributed by atoms with E-state index in [1.165, 1.54) is 6.07 Å². The summed E-state index contributed by atoms with van der Waals surface area (Å²) >= 11 is 0. The van der Waals surface area contributed by atoms with Crippen LogP contribution in [-0.2, 0) is 0 Å². The van der Waals surface area contributed by atoms with Gasteiger partial charge in [-0.05, 0) is 28.7 Å². The number of hydrogen-bond acceptors (Lipinski definition) is 7. The van der Waals surface area contributed by atoms with E-state index in [-0.39, 0.29) is 17.2 Å². The van der Waals surface area contributed by atoms with Crippen LogP contribution in [0.1, 0.15) is 13.3 Å². The van der Waals surface area contributed by atoms with Crippen LogP contribution in [0.3, 0.4) is 0 Å². The first-order valence-electron chi connectivity index (χ1n) is 6.48. The summed E-state index contributed by atoms with van der Waals surface area (Å²) in [7, 11) is 0. The first-order chi connectivity index (χ1) is 9.58. The molecule has 8 nitrogen and oxygen atoms in total. The van der Waals surface area contributed by atoms with Crippen LogP contribution < -0.4 is 10.6 Å². The predicted octanol–water partition coefficient (Wildman–Crippen LogP) is 1.30. The Labute approximate surface area is 114 Å². The second kappa shape index (κ2) is 4.71. The lowest BCUT2D eigenvalue weighted by molar-refractivity contribution is -0.383. The van der Waals surface area contributed by atoms with Crippen molar-refractivity contribution >= 4 is 22.4 Å². The van der Waals surface area contributed by atoms with E-state index in [0.29, 0.717) is 18.0 Å². The maximum atomic E-state index is 11.0. The van der Waals surface area contributed by atoms with Crippen molar-refractivity contribution in [1.29, 1.82) is 0 Å². The lowest BCUT2D eigenvalue weighted by atomic mass is 9.94. The molecule has 0 aliphatic carbocycles. The maximum absolute atomic E-state index is 11.0. The zero-order valence-corrected chi connectivity index (χ0v) is 11.0. The number of nitro benzene ring substituents is 1. The Morgan fingerprint density at radius 1 is 1.45 bits per heavy atom. The normalized spacial score (nSPS) is 23.2. The fourth-order valence-electron chi connectivity index (χ4n) is 2.56. The molecule has 0 saturated carbocycles. The smallest absolute Gasteiger partial charge is 0.300 e. The number of rotatable bonds is 2. The van der Waals surface area contributed by atoms with Crippen LogP contribution in [0.15, 0.2) is 16.8 Å². The minimum absolute atomic E-state index is 0.0776. The van der Waals surface area contributed by atoms with Crippen molar-refractivity contribution in [2.75, 3.05) is 18.0 Å². The molecule has 2 aromatic rings. The topological polar surface area (TPSA) is 111 Å². The molecule has 0 spiro atoms. The SMILES string of the molecule is CC1CCN(c2ccc([N+](=O)[O-])c3nonc23)CC1N. The largest absolute Gasteiger partial charge is 0.368 e. The molecule has 1 aromatic heterocycles. The molecule has 3 rings (SSSR count). The van der Waals surface area contributed by atoms with Crippen LogP contribution in [0, 0.1) is 16.0 Å². The van der Waals surface area contributed by atoms with Gasteiger partial charge in [0, 0.05) is 25.2 Å². The minimum atomic E-state index is -0.486. The summed E-state index contributed by atoms with van der Waals surface area (Å²) in [5.74, 6) is 0.468. The van der Waals surface area contributed by atoms with Gasteiger partial charge in [-0.2, -0.15) is 0 Å². The fourth-order valence-corrected chi connectivity index (χ4v) is 2.56. The van der Waals surface area contributed by atoms with Gasteiger partial charge in [0.1, 0.15) is 0 Å². The van der Waals surface area contributed by atoms with Crippen LogP contribution in [-0.4, -0.2) is 34.4 Å². The van der Waals surface area contributed by atoms with Gasteiger partial charge in [0.2, 0.25) is 5.52 Å². The van der Waals surface area contributed by atoms with Crippen molar-refractivity contribution in [3.05, 3.63) is 22.2 Å². The summed E-state index contributed by atoms with van der Waals surface area (Å²) < 4.78 is 4.67. The van der Waals surface area contributed by atoms with E-state index in [0.717, 1.165) is 18.7 Å². The van der Waals surface area contributed by atoms with E-state index in [1.54, 1.807) is 6.07 Å². The van der Waals surface area contributed by atoms with Crippen LogP contribution in [0.4, 0.5) is 11.4 Å². The first kappa shape index (κ1) is 12.8. The highest BCUT2D eigenvalue weighted by molar-refractivity contribution is 5.93. The number of nitrogens with two attached hydrogens (primary N) is 1. The third-order valence-corrected chi connectivity index (χ3v) is 3.93. The summed E-state index contributed by atoms with van der Waals surface area (Å²) in [5.41, 5.74) is 7.38. The molecular formula is C12H15N5O3. The van der Waals surface area contributed by atoms with Gasteiger partial charge in [-0.25, -0.2) is 4.63 Å². The molecule has 1 aromatic carbocycles. The van der Waals surface area contributed by atoms with E-state index in [9.17, 15) is 10.1 Å². The van der Waals surface area contributed by atoms with E-state index >= 15 is 0 Å². The Balaban J connectivity index is 2.03. The molecule has 2 unspecified atom stereocenters. The number of non-ortho nitro benzene ring substituents is 1. The number of nitro groups is 1. The quantitative estimate of drug-likeness (QED) is 0.650. The van der Waals surface area contributed by atoms with Gasteiger partial charge in [-0.1, -0.05) is 6.92 Å². The molecule has 2 atom stereocenters. The predicted molar refractivity (Wildman–Crippen MR) is 72.4 cm³/mol. The van der Waals surface area contributed by atoms with E-state index in [2.05, 4.69) is 26.8 Å². The molecule has 0 radical (unpaired) electrons. The molecular weight excluding hydrogens is 262 g/mol. The molecule has 1 aliphatic heterocycles. The van der Waals surface area contributed by atoms with E-state index in [1.807, 2.05) is 0 Å². The van der Waals surface area contributed by atoms with Gasteiger partial charge in [0.15, 0.2) is 5.52 Å². The first-order valence-corrected chi connectivity index (χ1v) is 6.48. The number of nitrogens with zero attached hydrogens (tertiary/aromatic N) is 4. The molecule has 0 bridgehead atoms. The zero-order valence-electron chi connectivity index (χ0n) is 11.0. The second-order valence-corrected chi connectivity index (χ2v) is 5.20. The van der Waals surface area contributed by atoms with Crippen molar-refractivity contribution in [3.63, 3.8) is 0 Å². The van der Waals surface area contributed by atoms with Crippen molar-refractivity contribution in [2.24, 2.45) is 11.7 Å². The highest BCUT2D eigenvalue weighted by Crippen LogP contribution is 2.32. The highest BCUT2D eigenvalue weighted by Gasteiger charge is 2.27. The number of benzene rings is 1. The lowest BCUT2D eigenvalue weighted by Crippen LogP contribution is -2.47. The minimum Gasteiger partial charge on any atom is -0.368 e. The fraction of sp³-hybridized carbons (Fsp3) is 0.500. The number of aromatic nitrogens is 2. The second-order valence-electron chi connectivity index (χ2n) is 5.20. The van der Waals surface area contributed by atoms with Crippen molar-refractivity contribution in [1.82, 2.24) is 10.3 Å². The maximum Gasteiger partial charge on any atom is 0.300 e. The third-order valence-electron chi connectivity index (χ3n) is 3.93. The van der Waals surface area contributed by atoms with Gasteiger partial charge in [0.05, 0.1) is 10.6 Å². The van der Waals surface area contributed by atoms with Gasteiger partial charge in [0.25, 0.3) is 0 Å². The molecule has 2 heterocycles. The summed E-state index contributed by atoms with van der Waals surface area (Å²) in [6, 6.07) is 3.20. The van der Waals surface area contributed by atoms with E-state index in [4.69, 9.17) is 5.73 Å². The summed E-state index contributed by atoms with van der Waals surface area (Å²) in [6.45, 7) is 3.67. The summed E-state index contributed by atoms with van der Waals surface area (Å²) in [5, 5.41) is 18.4. The van der Waals surface area contributed by atoms with Crippen LogP contribution >= 0.6 is 0 Å². The number of hydrogen-bond donors (Lipinski definition) is 1. The van der Waals surface area contributed by atoms with Crippen molar-refractivity contribution < 1.29 is 9.55 Å². The van der Waals surface area contributed by atoms with Gasteiger partial charge in [-0.15, -0.1) is 0 Å². The van der Waals surface area contributed by atoms with Gasteiger partial charge in [-0.3, -0.25) is 10.1 Å². The lowest BCUT2D eigenvalue weighted by Gasteiger charge is -2.36. The monoisotopic (exact) mass is 277 g/mol.